The van der Waals surface area contributed by atoms with Gasteiger partial charge in [0.05, 0.1) is 13.3 Å². The molecule has 1 amide bonds. The van der Waals surface area contributed by atoms with Crippen LogP contribution in [-0.2, 0) is 17.9 Å². The van der Waals surface area contributed by atoms with Crippen LogP contribution in [0.3, 0.4) is 0 Å². The van der Waals surface area contributed by atoms with E-state index in [0.29, 0.717) is 0 Å². The van der Waals surface area contributed by atoms with Crippen LogP contribution in [0.5, 0.6) is 5.75 Å². The molecule has 0 atom stereocenters. The summed E-state index contributed by atoms with van der Waals surface area (Å²) in [6.45, 7) is 9.06. The fourth-order valence-electron chi connectivity index (χ4n) is 3.37. The highest BCUT2D eigenvalue weighted by molar-refractivity contribution is 5.92. The molecular weight excluding hydrogens is 340 g/mol. The minimum Gasteiger partial charge on any atom is -0.497 e. The molecule has 6 nitrogen and oxygen atoms in total. The number of hydrogen-bond donors (Lipinski definition) is 0. The predicted octanol–water partition coefficient (Wildman–Crippen LogP) is 2.58. The Morgan fingerprint density at radius 3 is 2.70 bits per heavy atom. The number of carbonyl (C=O) groups is 1. The summed E-state index contributed by atoms with van der Waals surface area (Å²) in [5.41, 5.74) is 3.32. The third kappa shape index (κ3) is 4.77. The van der Waals surface area contributed by atoms with E-state index in [1.165, 1.54) is 5.56 Å². The van der Waals surface area contributed by atoms with Crippen LogP contribution in [0.25, 0.3) is 6.08 Å². The minimum atomic E-state index is 0.0691. The minimum absolute atomic E-state index is 0.0691. The first kappa shape index (κ1) is 19.2. The number of nitrogens with zero attached hydrogens (tertiary/aromatic N) is 4. The van der Waals surface area contributed by atoms with Crippen molar-refractivity contribution in [2.24, 2.45) is 0 Å². The monoisotopic (exact) mass is 368 g/mol. The topological polar surface area (TPSA) is 50.6 Å². The molecule has 1 fully saturated rings. The molecule has 2 aromatic rings. The molecule has 1 aliphatic heterocycles. The van der Waals surface area contributed by atoms with Crippen molar-refractivity contribution >= 4 is 12.0 Å². The third-order valence-electron chi connectivity index (χ3n) is 5.07. The fourth-order valence-corrected chi connectivity index (χ4v) is 3.37. The lowest BCUT2D eigenvalue weighted by atomic mass is 10.2. The maximum absolute atomic E-state index is 12.5. The van der Waals surface area contributed by atoms with Gasteiger partial charge in [-0.2, -0.15) is 5.10 Å². The maximum Gasteiger partial charge on any atom is 0.246 e. The molecule has 0 aliphatic carbocycles. The van der Waals surface area contributed by atoms with Crippen molar-refractivity contribution in [2.45, 2.75) is 26.9 Å². The Morgan fingerprint density at radius 2 is 2.04 bits per heavy atom. The first-order valence-corrected chi connectivity index (χ1v) is 9.45. The van der Waals surface area contributed by atoms with Crippen molar-refractivity contribution in [2.75, 3.05) is 33.3 Å². The van der Waals surface area contributed by atoms with Gasteiger partial charge in [-0.1, -0.05) is 12.1 Å². The number of aryl methyl sites for hydroxylation is 1. The van der Waals surface area contributed by atoms with Crippen LogP contribution in [0, 0.1) is 6.92 Å². The summed E-state index contributed by atoms with van der Waals surface area (Å²) in [4.78, 5) is 16.8. The number of amides is 1. The Kier molecular flexibility index (Phi) is 6.29. The van der Waals surface area contributed by atoms with Gasteiger partial charge in [0.2, 0.25) is 5.91 Å². The van der Waals surface area contributed by atoms with Gasteiger partial charge in [-0.15, -0.1) is 0 Å². The molecule has 0 saturated carbocycles. The van der Waals surface area contributed by atoms with Gasteiger partial charge in [-0.25, -0.2) is 0 Å². The first-order valence-electron chi connectivity index (χ1n) is 9.45. The summed E-state index contributed by atoms with van der Waals surface area (Å²) in [6.07, 6.45) is 5.36. The number of ether oxygens (including phenoxy) is 1. The molecular formula is C21H28N4O2. The standard InChI is InChI=1S/C21H28N4O2/c1-4-25-17(2)19(15-22-25)8-9-21(26)24-12-10-23(11-13-24)16-18-6-5-7-20(14-18)27-3/h5-9,14-15H,4,10-13,16H2,1-3H3/b9-8+. The van der Waals surface area contributed by atoms with Crippen LogP contribution >= 0.6 is 0 Å². The first-order chi connectivity index (χ1) is 13.1. The summed E-state index contributed by atoms with van der Waals surface area (Å²) in [6, 6.07) is 8.15. The quantitative estimate of drug-likeness (QED) is 0.736. The van der Waals surface area contributed by atoms with Crippen molar-refractivity contribution in [3.8, 4) is 5.75 Å². The van der Waals surface area contributed by atoms with Crippen LogP contribution in [0.4, 0.5) is 0 Å². The van der Waals surface area contributed by atoms with Gasteiger partial charge in [0.15, 0.2) is 0 Å². The second-order valence-electron chi connectivity index (χ2n) is 6.79. The van der Waals surface area contributed by atoms with E-state index in [9.17, 15) is 4.79 Å². The zero-order valence-electron chi connectivity index (χ0n) is 16.4. The molecule has 1 aromatic carbocycles. The van der Waals surface area contributed by atoms with Crippen LogP contribution in [0.15, 0.2) is 36.5 Å². The third-order valence-corrected chi connectivity index (χ3v) is 5.07. The number of rotatable bonds is 6. The summed E-state index contributed by atoms with van der Waals surface area (Å²) in [5.74, 6) is 0.952. The van der Waals surface area contributed by atoms with Crippen molar-refractivity contribution < 1.29 is 9.53 Å². The molecule has 27 heavy (non-hydrogen) atoms. The van der Waals surface area contributed by atoms with Crippen molar-refractivity contribution in [3.05, 3.63) is 53.4 Å². The van der Waals surface area contributed by atoms with Crippen LogP contribution in [0.1, 0.15) is 23.7 Å². The molecule has 0 N–H and O–H groups in total. The van der Waals surface area contributed by atoms with E-state index in [0.717, 1.165) is 56.3 Å². The molecule has 3 rings (SSSR count). The Labute approximate surface area is 161 Å². The van der Waals surface area contributed by atoms with E-state index in [4.69, 9.17) is 4.74 Å². The molecule has 1 aromatic heterocycles. The Morgan fingerprint density at radius 1 is 1.26 bits per heavy atom. The molecule has 2 heterocycles. The molecule has 0 radical (unpaired) electrons. The van der Waals surface area contributed by atoms with Gasteiger partial charge in [0.25, 0.3) is 0 Å². The van der Waals surface area contributed by atoms with E-state index in [1.54, 1.807) is 13.2 Å². The van der Waals surface area contributed by atoms with Crippen molar-refractivity contribution in [1.82, 2.24) is 19.6 Å². The van der Waals surface area contributed by atoms with E-state index in [1.807, 2.05) is 40.9 Å². The summed E-state index contributed by atoms with van der Waals surface area (Å²) >= 11 is 0. The largest absolute Gasteiger partial charge is 0.497 e. The van der Waals surface area contributed by atoms with Gasteiger partial charge in [-0.05, 0) is 37.6 Å². The van der Waals surface area contributed by atoms with E-state index in [-0.39, 0.29) is 5.91 Å². The van der Waals surface area contributed by atoms with E-state index < -0.39 is 0 Å². The number of methoxy groups -OCH3 is 1. The van der Waals surface area contributed by atoms with Gasteiger partial charge >= 0.3 is 0 Å². The number of piperazine rings is 1. The molecule has 0 bridgehead atoms. The highest BCUT2D eigenvalue weighted by atomic mass is 16.5. The van der Waals surface area contributed by atoms with Crippen LogP contribution in [-0.4, -0.2) is 58.8 Å². The van der Waals surface area contributed by atoms with Gasteiger partial charge < -0.3 is 9.64 Å². The Bertz CT molecular complexity index is 804. The van der Waals surface area contributed by atoms with E-state index >= 15 is 0 Å². The van der Waals surface area contributed by atoms with Gasteiger partial charge in [-0.3, -0.25) is 14.4 Å². The lowest BCUT2D eigenvalue weighted by molar-refractivity contribution is -0.127. The SMILES string of the molecule is CCn1ncc(/C=C/C(=O)N2CCN(Cc3cccc(OC)c3)CC2)c1C. The number of benzene rings is 1. The maximum atomic E-state index is 12.5. The average molecular weight is 368 g/mol. The smallest absolute Gasteiger partial charge is 0.246 e. The van der Waals surface area contributed by atoms with E-state index in [2.05, 4.69) is 29.1 Å². The predicted molar refractivity (Wildman–Crippen MR) is 107 cm³/mol. The van der Waals surface area contributed by atoms with Crippen LogP contribution in [0.2, 0.25) is 0 Å². The highest BCUT2D eigenvalue weighted by Crippen LogP contribution is 2.16. The average Bonchev–Trinajstić information content (AvgIpc) is 3.06. The summed E-state index contributed by atoms with van der Waals surface area (Å²) < 4.78 is 7.22. The van der Waals surface area contributed by atoms with Crippen LogP contribution < -0.4 is 4.74 Å². The second-order valence-corrected chi connectivity index (χ2v) is 6.79. The zero-order chi connectivity index (χ0) is 19.2. The molecule has 6 heteroatoms. The lowest BCUT2D eigenvalue weighted by Gasteiger charge is -2.34. The number of hydrogen-bond acceptors (Lipinski definition) is 4. The number of carbonyl (C=O) groups excluding carboxylic acids is 1. The Hall–Kier alpha value is -2.60. The number of aromatic nitrogens is 2. The van der Waals surface area contributed by atoms with Crippen molar-refractivity contribution in [1.29, 1.82) is 0 Å². The zero-order valence-corrected chi connectivity index (χ0v) is 16.4. The molecule has 0 spiro atoms. The van der Waals surface area contributed by atoms with Crippen molar-refractivity contribution in [3.63, 3.8) is 0 Å². The van der Waals surface area contributed by atoms with Gasteiger partial charge in [0.1, 0.15) is 5.75 Å². The lowest BCUT2D eigenvalue weighted by Crippen LogP contribution is -2.47. The van der Waals surface area contributed by atoms with Gasteiger partial charge in [0, 0.05) is 56.6 Å². The summed E-state index contributed by atoms with van der Waals surface area (Å²) in [5, 5.41) is 4.31. The fraction of sp³-hybridized carbons (Fsp3) is 0.429. The summed E-state index contributed by atoms with van der Waals surface area (Å²) in [7, 11) is 1.69. The Balaban J connectivity index is 1.51. The normalized spacial score (nSPS) is 15.4. The molecule has 1 saturated heterocycles. The second kappa shape index (κ2) is 8.86. The molecule has 1 aliphatic rings. The molecule has 0 unspecified atom stereocenters. The molecule has 144 valence electrons. The highest BCUT2D eigenvalue weighted by Gasteiger charge is 2.19.